The molecule has 0 radical (unpaired) electrons. The van der Waals surface area contributed by atoms with Crippen molar-refractivity contribution < 1.29 is 23.8 Å². The van der Waals surface area contributed by atoms with Crippen LogP contribution >= 0.6 is 0 Å². The first-order valence-electron chi connectivity index (χ1n) is 10.7. The highest BCUT2D eigenvalue weighted by atomic mass is 16.5. The monoisotopic (exact) mass is 424 g/mol. The Morgan fingerprint density at radius 1 is 1.03 bits per heavy atom. The lowest BCUT2D eigenvalue weighted by Gasteiger charge is -2.24. The van der Waals surface area contributed by atoms with Crippen molar-refractivity contribution in [1.82, 2.24) is 4.90 Å². The molecule has 0 N–H and O–H groups in total. The van der Waals surface area contributed by atoms with Gasteiger partial charge in [0, 0.05) is 38.0 Å². The SMILES string of the molecule is CCN(Cc1ccc(OCCN2C(=O)CCC2=O)c(OC)c1)c1ccc2c(c1)CCO2. The molecule has 0 aromatic heterocycles. The van der Waals surface area contributed by atoms with Crippen LogP contribution < -0.4 is 19.1 Å². The van der Waals surface area contributed by atoms with Crippen LogP contribution in [0.1, 0.15) is 30.9 Å². The lowest BCUT2D eigenvalue weighted by Crippen LogP contribution is -2.33. The summed E-state index contributed by atoms with van der Waals surface area (Å²) >= 11 is 0. The molecule has 164 valence electrons. The number of imide groups is 1. The van der Waals surface area contributed by atoms with E-state index >= 15 is 0 Å². The second-order valence-electron chi connectivity index (χ2n) is 7.68. The Kier molecular flexibility index (Phi) is 6.30. The first-order valence-corrected chi connectivity index (χ1v) is 10.7. The molecule has 0 aliphatic carbocycles. The van der Waals surface area contributed by atoms with Crippen molar-refractivity contribution in [2.45, 2.75) is 32.7 Å². The van der Waals surface area contributed by atoms with Gasteiger partial charge in [0.05, 0.1) is 20.3 Å². The number of hydrogen-bond acceptors (Lipinski definition) is 6. The number of hydrogen-bond donors (Lipinski definition) is 0. The van der Waals surface area contributed by atoms with Gasteiger partial charge in [-0.25, -0.2) is 0 Å². The molecule has 2 aromatic carbocycles. The third-order valence-electron chi connectivity index (χ3n) is 5.75. The summed E-state index contributed by atoms with van der Waals surface area (Å²) in [6.45, 7) is 5.00. The van der Waals surface area contributed by atoms with E-state index in [1.165, 1.54) is 16.2 Å². The van der Waals surface area contributed by atoms with Crippen LogP contribution in [0.5, 0.6) is 17.2 Å². The zero-order valence-electron chi connectivity index (χ0n) is 18.1. The largest absolute Gasteiger partial charge is 0.493 e. The van der Waals surface area contributed by atoms with Crippen molar-refractivity contribution in [1.29, 1.82) is 0 Å². The third-order valence-corrected chi connectivity index (χ3v) is 5.75. The number of anilines is 1. The van der Waals surface area contributed by atoms with Gasteiger partial charge in [0.25, 0.3) is 0 Å². The molecule has 2 aliphatic rings. The number of fused-ring (bicyclic) bond motifs is 1. The number of methoxy groups -OCH3 is 1. The van der Waals surface area contributed by atoms with Gasteiger partial charge in [-0.15, -0.1) is 0 Å². The van der Waals surface area contributed by atoms with Crippen LogP contribution in [-0.2, 0) is 22.6 Å². The highest BCUT2D eigenvalue weighted by Crippen LogP contribution is 2.32. The van der Waals surface area contributed by atoms with Gasteiger partial charge < -0.3 is 19.1 Å². The normalized spacial score (nSPS) is 15.1. The van der Waals surface area contributed by atoms with E-state index in [1.54, 1.807) is 7.11 Å². The Hall–Kier alpha value is -3.22. The number of carbonyl (C=O) groups excluding carboxylic acids is 2. The van der Waals surface area contributed by atoms with Crippen molar-refractivity contribution in [3.8, 4) is 17.2 Å². The second-order valence-corrected chi connectivity index (χ2v) is 7.68. The zero-order valence-corrected chi connectivity index (χ0v) is 18.1. The van der Waals surface area contributed by atoms with E-state index in [2.05, 4.69) is 24.0 Å². The molecule has 0 saturated carbocycles. The molecule has 4 rings (SSSR count). The second kappa shape index (κ2) is 9.29. The standard InChI is InChI=1S/C24H28N2O5/c1-3-25(19-5-7-20-18(15-19)10-12-30-20)16-17-4-6-21(22(14-17)29-2)31-13-11-26-23(27)8-9-24(26)28/h4-7,14-15H,3,8-13,16H2,1-2H3. The van der Waals surface area contributed by atoms with E-state index in [9.17, 15) is 9.59 Å². The van der Waals surface area contributed by atoms with Crippen molar-refractivity contribution in [3.63, 3.8) is 0 Å². The van der Waals surface area contributed by atoms with Gasteiger partial charge >= 0.3 is 0 Å². The molecule has 2 amide bonds. The van der Waals surface area contributed by atoms with Crippen LogP contribution in [0.25, 0.3) is 0 Å². The molecule has 0 spiro atoms. The van der Waals surface area contributed by atoms with Gasteiger partial charge in [0.1, 0.15) is 12.4 Å². The maximum Gasteiger partial charge on any atom is 0.229 e. The minimum absolute atomic E-state index is 0.131. The summed E-state index contributed by atoms with van der Waals surface area (Å²) in [6, 6.07) is 12.2. The predicted octanol–water partition coefficient (Wildman–Crippen LogP) is 3.18. The molecule has 7 nitrogen and oxygen atoms in total. The summed E-state index contributed by atoms with van der Waals surface area (Å²) in [7, 11) is 1.61. The first-order chi connectivity index (χ1) is 15.1. The Morgan fingerprint density at radius 3 is 2.58 bits per heavy atom. The summed E-state index contributed by atoms with van der Waals surface area (Å²) in [5.41, 5.74) is 3.53. The summed E-state index contributed by atoms with van der Waals surface area (Å²) in [4.78, 5) is 27.0. The number of carbonyl (C=O) groups is 2. The highest BCUT2D eigenvalue weighted by molar-refractivity contribution is 6.01. The highest BCUT2D eigenvalue weighted by Gasteiger charge is 2.28. The molecule has 1 saturated heterocycles. The molecule has 1 fully saturated rings. The van der Waals surface area contributed by atoms with Crippen LogP contribution in [0.2, 0.25) is 0 Å². The molecule has 0 atom stereocenters. The lowest BCUT2D eigenvalue weighted by atomic mass is 10.1. The first kappa shape index (κ1) is 21.0. The van der Waals surface area contributed by atoms with Crippen molar-refractivity contribution in [2.24, 2.45) is 0 Å². The number of benzene rings is 2. The Morgan fingerprint density at radius 2 is 1.84 bits per heavy atom. The van der Waals surface area contributed by atoms with Gasteiger partial charge in [0.2, 0.25) is 11.8 Å². The number of ether oxygens (including phenoxy) is 3. The van der Waals surface area contributed by atoms with E-state index in [4.69, 9.17) is 14.2 Å². The minimum Gasteiger partial charge on any atom is -0.493 e. The average Bonchev–Trinajstić information content (AvgIpc) is 3.38. The van der Waals surface area contributed by atoms with E-state index in [-0.39, 0.29) is 25.0 Å². The van der Waals surface area contributed by atoms with Crippen LogP contribution in [0.4, 0.5) is 5.69 Å². The number of likely N-dealkylation sites (tertiary alicyclic amines) is 1. The summed E-state index contributed by atoms with van der Waals surface area (Å²) in [5, 5.41) is 0. The fourth-order valence-electron chi connectivity index (χ4n) is 4.02. The Labute approximate surface area is 182 Å². The van der Waals surface area contributed by atoms with E-state index in [0.29, 0.717) is 24.3 Å². The Balaban J connectivity index is 1.41. The number of amides is 2. The van der Waals surface area contributed by atoms with Gasteiger partial charge in [-0.05, 0) is 48.4 Å². The topological polar surface area (TPSA) is 68.3 Å². The summed E-state index contributed by atoms with van der Waals surface area (Å²) < 4.78 is 16.9. The van der Waals surface area contributed by atoms with Crippen LogP contribution in [0.15, 0.2) is 36.4 Å². The van der Waals surface area contributed by atoms with Crippen LogP contribution in [0, 0.1) is 0 Å². The molecule has 2 aliphatic heterocycles. The molecule has 31 heavy (non-hydrogen) atoms. The molecular weight excluding hydrogens is 396 g/mol. The van der Waals surface area contributed by atoms with Crippen LogP contribution in [0.3, 0.4) is 0 Å². The fourth-order valence-corrected chi connectivity index (χ4v) is 4.02. The average molecular weight is 424 g/mol. The number of rotatable bonds is 9. The van der Waals surface area contributed by atoms with Crippen molar-refractivity contribution >= 4 is 17.5 Å². The molecule has 2 aromatic rings. The van der Waals surface area contributed by atoms with Crippen molar-refractivity contribution in [3.05, 3.63) is 47.5 Å². The third kappa shape index (κ3) is 4.60. The fraction of sp³-hybridized carbons (Fsp3) is 0.417. The maximum absolute atomic E-state index is 11.7. The summed E-state index contributed by atoms with van der Waals surface area (Å²) in [5.74, 6) is 1.96. The maximum atomic E-state index is 11.7. The molecule has 2 heterocycles. The quantitative estimate of drug-likeness (QED) is 0.576. The molecule has 0 bridgehead atoms. The van der Waals surface area contributed by atoms with E-state index < -0.39 is 0 Å². The Bertz CT molecular complexity index is 958. The smallest absolute Gasteiger partial charge is 0.229 e. The van der Waals surface area contributed by atoms with Gasteiger partial charge in [-0.1, -0.05) is 6.07 Å². The number of nitrogens with zero attached hydrogens (tertiary/aromatic N) is 2. The van der Waals surface area contributed by atoms with Gasteiger partial charge in [-0.2, -0.15) is 0 Å². The van der Waals surface area contributed by atoms with E-state index in [1.807, 2.05) is 24.3 Å². The molecule has 7 heteroatoms. The molecule has 0 unspecified atom stereocenters. The zero-order chi connectivity index (χ0) is 21.8. The van der Waals surface area contributed by atoms with Gasteiger partial charge in [-0.3, -0.25) is 14.5 Å². The predicted molar refractivity (Wildman–Crippen MR) is 117 cm³/mol. The van der Waals surface area contributed by atoms with E-state index in [0.717, 1.165) is 37.4 Å². The van der Waals surface area contributed by atoms with Crippen molar-refractivity contribution in [2.75, 3.05) is 38.3 Å². The van der Waals surface area contributed by atoms with Crippen LogP contribution in [-0.4, -0.2) is 50.1 Å². The lowest BCUT2D eigenvalue weighted by molar-refractivity contribution is -0.138. The van der Waals surface area contributed by atoms with Gasteiger partial charge in [0.15, 0.2) is 11.5 Å². The molecular formula is C24H28N2O5. The minimum atomic E-state index is -0.131. The summed E-state index contributed by atoms with van der Waals surface area (Å²) in [6.07, 6.45) is 1.54.